The molecule has 11 heteroatoms. The van der Waals surface area contributed by atoms with Gasteiger partial charge in [-0.2, -0.15) is 0 Å². The highest BCUT2D eigenvalue weighted by molar-refractivity contribution is 7.90. The average molecular weight is 557 g/mol. The van der Waals surface area contributed by atoms with Gasteiger partial charge in [0.05, 0.1) is 5.69 Å². The van der Waals surface area contributed by atoms with Gasteiger partial charge in [-0.05, 0) is 73.1 Å². The Bertz CT molecular complexity index is 1790. The number of sulfone groups is 1. The number of aromatic nitrogens is 3. The van der Waals surface area contributed by atoms with E-state index in [9.17, 15) is 13.2 Å². The van der Waals surface area contributed by atoms with Gasteiger partial charge in [0.1, 0.15) is 21.4 Å². The number of aryl methyl sites for hydroxylation is 2. The fraction of sp³-hybridized carbons (Fsp3) is 0.222. The van der Waals surface area contributed by atoms with Gasteiger partial charge in [-0.1, -0.05) is 23.7 Å². The van der Waals surface area contributed by atoms with Crippen LogP contribution in [0.25, 0.3) is 16.9 Å². The molecule has 0 saturated heterocycles. The zero-order valence-corrected chi connectivity index (χ0v) is 22.2. The molecule has 196 valence electrons. The Kier molecular flexibility index (Phi) is 6.35. The molecule has 2 atom stereocenters. The summed E-state index contributed by atoms with van der Waals surface area (Å²) in [6, 6.07) is 9.07. The van der Waals surface area contributed by atoms with Crippen LogP contribution in [0, 0.1) is 25.5 Å². The largest absolute Gasteiger partial charge is 0.383 e. The van der Waals surface area contributed by atoms with E-state index in [1.807, 2.05) is 6.07 Å². The van der Waals surface area contributed by atoms with Crippen LogP contribution in [0.5, 0.6) is 0 Å². The summed E-state index contributed by atoms with van der Waals surface area (Å²) < 4.78 is 56.3. The topological polar surface area (TPSA) is 108 Å². The van der Waals surface area contributed by atoms with Crippen molar-refractivity contribution in [3.63, 3.8) is 0 Å². The fourth-order valence-corrected chi connectivity index (χ4v) is 5.96. The van der Waals surface area contributed by atoms with E-state index in [0.29, 0.717) is 22.6 Å². The molecule has 2 N–H and O–H groups in total. The number of rotatable bonds is 5. The number of anilines is 1. The highest BCUT2D eigenvalue weighted by atomic mass is 35.5. The number of halogens is 3. The monoisotopic (exact) mass is 556 g/mol. The van der Waals surface area contributed by atoms with Crippen LogP contribution in [0.3, 0.4) is 0 Å². The first-order valence-corrected chi connectivity index (χ1v) is 14.0. The average Bonchev–Trinajstić information content (AvgIpc) is 3.64. The second-order valence-electron chi connectivity index (χ2n) is 9.46. The summed E-state index contributed by atoms with van der Waals surface area (Å²) in [5.41, 5.74) is 6.75. The zero-order chi connectivity index (χ0) is 27.5. The molecule has 0 radical (unpaired) electrons. The summed E-state index contributed by atoms with van der Waals surface area (Å²) in [5.74, 6) is -1.65. The number of nitrogens with two attached hydrogens (primary N) is 1. The van der Waals surface area contributed by atoms with Gasteiger partial charge in [0.25, 0.3) is 5.56 Å². The molecule has 1 aromatic carbocycles. The number of nitrogens with zero attached hydrogens (tertiary/aromatic N) is 3. The molecule has 0 amide bonds. The predicted molar refractivity (Wildman–Crippen MR) is 142 cm³/mol. The first-order chi connectivity index (χ1) is 17.9. The van der Waals surface area contributed by atoms with Gasteiger partial charge in [0, 0.05) is 29.9 Å². The van der Waals surface area contributed by atoms with Crippen molar-refractivity contribution in [2.45, 2.75) is 37.0 Å². The highest BCUT2D eigenvalue weighted by Gasteiger charge is 2.43. The molecular formula is C27H23ClF2N4O3S. The Morgan fingerprint density at radius 1 is 1.05 bits per heavy atom. The summed E-state index contributed by atoms with van der Waals surface area (Å²) in [5, 5.41) is -0.0482. The van der Waals surface area contributed by atoms with Crippen LogP contribution in [-0.4, -0.2) is 29.2 Å². The molecule has 1 aliphatic carbocycles. The number of hydrogen-bond donors (Lipinski definition) is 1. The molecule has 3 aromatic heterocycles. The third-order valence-electron chi connectivity index (χ3n) is 6.84. The van der Waals surface area contributed by atoms with Crippen molar-refractivity contribution in [2.75, 3.05) is 12.0 Å². The zero-order valence-electron chi connectivity index (χ0n) is 20.7. The summed E-state index contributed by atoms with van der Waals surface area (Å²) >= 11 is 6.56. The SMILES string of the molecule is Cc1cnc(-c2cccc(S(C)(=O)=O)c2F)c(F)c1-n1c(C)cc([C@H]2C[C@@H]2c2cccnc2N)c(Cl)c1=O. The summed E-state index contributed by atoms with van der Waals surface area (Å²) in [6.07, 6.45) is 4.51. The molecule has 3 heterocycles. The molecule has 1 aliphatic rings. The van der Waals surface area contributed by atoms with Gasteiger partial charge in [0.2, 0.25) is 0 Å². The standard InChI is InChI=1S/C27H23ClF2N4O3S/c1-13-12-33-24(16-6-4-8-20(22(16)29)38(3,36)37)23(30)25(13)34-14(2)10-19(21(28)27(34)35)18-11-17(18)15-7-5-9-32-26(15)31/h4-10,12,17-18H,11H2,1-3H3,(H2,31,32)/t17-,18+/m1/s1. The molecule has 0 aliphatic heterocycles. The van der Waals surface area contributed by atoms with E-state index < -0.39 is 37.6 Å². The van der Waals surface area contributed by atoms with Gasteiger partial charge in [-0.15, -0.1) is 0 Å². The van der Waals surface area contributed by atoms with E-state index in [-0.39, 0.29) is 28.1 Å². The van der Waals surface area contributed by atoms with Gasteiger partial charge in [0.15, 0.2) is 21.5 Å². The van der Waals surface area contributed by atoms with E-state index in [4.69, 9.17) is 17.3 Å². The molecule has 5 rings (SSSR count). The predicted octanol–water partition coefficient (Wildman–Crippen LogP) is 5.10. The smallest absolute Gasteiger partial charge is 0.274 e. The molecule has 1 saturated carbocycles. The van der Waals surface area contributed by atoms with E-state index in [0.717, 1.165) is 28.9 Å². The van der Waals surface area contributed by atoms with E-state index in [1.54, 1.807) is 32.2 Å². The number of nitrogen functional groups attached to an aromatic ring is 1. The van der Waals surface area contributed by atoms with Crippen LogP contribution in [0.2, 0.25) is 5.02 Å². The summed E-state index contributed by atoms with van der Waals surface area (Å²) in [6.45, 7) is 3.22. The van der Waals surface area contributed by atoms with Crippen LogP contribution in [-0.2, 0) is 9.84 Å². The van der Waals surface area contributed by atoms with Crippen molar-refractivity contribution >= 4 is 27.3 Å². The van der Waals surface area contributed by atoms with Gasteiger partial charge < -0.3 is 5.73 Å². The Hall–Kier alpha value is -3.63. The minimum atomic E-state index is -3.91. The third kappa shape index (κ3) is 4.27. The molecule has 0 bridgehead atoms. The van der Waals surface area contributed by atoms with E-state index in [1.165, 1.54) is 18.3 Å². The van der Waals surface area contributed by atoms with Crippen LogP contribution in [0.1, 0.15) is 40.6 Å². The van der Waals surface area contributed by atoms with Crippen LogP contribution < -0.4 is 11.3 Å². The normalized spacial score (nSPS) is 17.0. The Morgan fingerprint density at radius 2 is 1.76 bits per heavy atom. The Labute approximate surface area is 222 Å². The highest BCUT2D eigenvalue weighted by Crippen LogP contribution is 2.56. The van der Waals surface area contributed by atoms with Crippen molar-refractivity contribution < 1.29 is 17.2 Å². The first kappa shape index (κ1) is 26.0. The van der Waals surface area contributed by atoms with Crippen LogP contribution >= 0.6 is 11.6 Å². The van der Waals surface area contributed by atoms with Crippen molar-refractivity contribution in [1.29, 1.82) is 0 Å². The number of pyridine rings is 3. The molecule has 0 spiro atoms. The van der Waals surface area contributed by atoms with Gasteiger partial charge in [-0.3, -0.25) is 14.3 Å². The molecule has 4 aromatic rings. The maximum atomic E-state index is 16.0. The summed E-state index contributed by atoms with van der Waals surface area (Å²) in [7, 11) is -3.91. The maximum absolute atomic E-state index is 16.0. The van der Waals surface area contributed by atoms with E-state index >= 15 is 8.78 Å². The lowest BCUT2D eigenvalue weighted by atomic mass is 10.0. The second-order valence-corrected chi connectivity index (χ2v) is 11.8. The fourth-order valence-electron chi connectivity index (χ4n) is 4.92. The lowest BCUT2D eigenvalue weighted by molar-refractivity contribution is 0.569. The molecule has 1 fully saturated rings. The number of hydrogen-bond acceptors (Lipinski definition) is 6. The van der Waals surface area contributed by atoms with Crippen molar-refractivity contribution in [1.82, 2.24) is 14.5 Å². The second kappa shape index (κ2) is 9.28. The van der Waals surface area contributed by atoms with Crippen molar-refractivity contribution in [3.8, 4) is 16.9 Å². The lowest BCUT2D eigenvalue weighted by Crippen LogP contribution is -2.24. The molecular weight excluding hydrogens is 534 g/mol. The van der Waals surface area contributed by atoms with Crippen molar-refractivity contribution in [3.05, 3.63) is 98.2 Å². The molecule has 7 nitrogen and oxygen atoms in total. The quantitative estimate of drug-likeness (QED) is 0.366. The van der Waals surface area contributed by atoms with Gasteiger partial charge in [-0.25, -0.2) is 22.2 Å². The Balaban J connectivity index is 1.63. The number of benzene rings is 1. The van der Waals surface area contributed by atoms with Crippen LogP contribution in [0.4, 0.5) is 14.6 Å². The Morgan fingerprint density at radius 3 is 2.45 bits per heavy atom. The first-order valence-electron chi connectivity index (χ1n) is 11.7. The van der Waals surface area contributed by atoms with Gasteiger partial charge >= 0.3 is 0 Å². The van der Waals surface area contributed by atoms with Crippen molar-refractivity contribution in [2.24, 2.45) is 0 Å². The maximum Gasteiger partial charge on any atom is 0.274 e. The molecule has 0 unspecified atom stereocenters. The lowest BCUT2D eigenvalue weighted by Gasteiger charge is -2.18. The van der Waals surface area contributed by atoms with E-state index in [2.05, 4.69) is 9.97 Å². The minimum absolute atomic E-state index is 0.0400. The van der Waals surface area contributed by atoms with Crippen LogP contribution in [0.15, 0.2) is 58.5 Å². The molecule has 38 heavy (non-hydrogen) atoms. The minimum Gasteiger partial charge on any atom is -0.383 e. The third-order valence-corrected chi connectivity index (χ3v) is 8.33. The summed E-state index contributed by atoms with van der Waals surface area (Å²) in [4.78, 5) is 21.1.